The zero-order valence-electron chi connectivity index (χ0n) is 9.25. The first-order valence-electron chi connectivity index (χ1n) is 5.57. The van der Waals surface area contributed by atoms with Gasteiger partial charge in [-0.3, -0.25) is 0 Å². The second kappa shape index (κ2) is 6.83. The summed E-state index contributed by atoms with van der Waals surface area (Å²) in [4.78, 5) is 4.73. The number of pyridine rings is 1. The third-order valence-corrected chi connectivity index (χ3v) is 3.41. The molecular weight excluding hydrogens is 252 g/mol. The molecule has 1 aromatic heterocycles. The van der Waals surface area contributed by atoms with Gasteiger partial charge in [0.2, 0.25) is 0 Å². The van der Waals surface area contributed by atoms with Gasteiger partial charge in [0.05, 0.1) is 0 Å². The fourth-order valence-corrected chi connectivity index (χ4v) is 2.42. The van der Waals surface area contributed by atoms with Crippen molar-refractivity contribution in [2.75, 3.05) is 5.73 Å². The molecule has 3 heteroatoms. The molecule has 0 saturated carbocycles. The van der Waals surface area contributed by atoms with Crippen LogP contribution in [0.25, 0.3) is 0 Å². The molecule has 0 aliphatic carbocycles. The van der Waals surface area contributed by atoms with Gasteiger partial charge >= 0.3 is 0 Å². The summed E-state index contributed by atoms with van der Waals surface area (Å²) in [5.41, 5.74) is 6.95. The fraction of sp³-hybridized carbons (Fsp3) is 0.583. The molecule has 2 nitrogen and oxygen atoms in total. The summed E-state index contributed by atoms with van der Waals surface area (Å²) in [6.45, 7) is 2.22. The van der Waals surface area contributed by atoms with Crippen LogP contribution in [0.15, 0.2) is 18.3 Å². The predicted molar refractivity (Wildman–Crippen MR) is 69.2 cm³/mol. The summed E-state index contributed by atoms with van der Waals surface area (Å²) in [7, 11) is 0. The molecule has 0 saturated heterocycles. The molecular formula is C12H19BrN2. The molecule has 1 heterocycles. The molecule has 84 valence electrons. The summed E-state index contributed by atoms with van der Waals surface area (Å²) >= 11 is 3.68. The normalized spacial score (nSPS) is 12.7. The number of anilines is 1. The van der Waals surface area contributed by atoms with Crippen molar-refractivity contribution in [3.8, 4) is 0 Å². The van der Waals surface area contributed by atoms with Crippen LogP contribution in [0.3, 0.4) is 0 Å². The second-order valence-corrected chi connectivity index (χ2v) is 5.12. The number of hydrogen-bond acceptors (Lipinski definition) is 2. The standard InChI is InChI=1S/C12H19BrN2/c1-2-5-11(13)8-3-6-10-7-4-9-15-12(10)14/h4,7,9,11H,2-3,5-6,8H2,1H3,(H2,14,15). The molecule has 1 unspecified atom stereocenters. The van der Waals surface area contributed by atoms with Crippen LogP contribution in [0.4, 0.5) is 5.82 Å². The topological polar surface area (TPSA) is 38.9 Å². The molecule has 1 aromatic rings. The largest absolute Gasteiger partial charge is 0.383 e. The van der Waals surface area contributed by atoms with Gasteiger partial charge < -0.3 is 5.73 Å². The van der Waals surface area contributed by atoms with Crippen LogP contribution in [0.5, 0.6) is 0 Å². The number of halogens is 1. The first-order valence-corrected chi connectivity index (χ1v) is 6.49. The number of alkyl halides is 1. The van der Waals surface area contributed by atoms with Crippen molar-refractivity contribution in [1.82, 2.24) is 4.98 Å². The van der Waals surface area contributed by atoms with E-state index >= 15 is 0 Å². The number of rotatable bonds is 6. The molecule has 1 rings (SSSR count). The number of aryl methyl sites for hydroxylation is 1. The molecule has 0 aliphatic heterocycles. The van der Waals surface area contributed by atoms with E-state index in [4.69, 9.17) is 5.73 Å². The number of hydrogen-bond donors (Lipinski definition) is 1. The van der Waals surface area contributed by atoms with E-state index in [0.29, 0.717) is 10.6 Å². The van der Waals surface area contributed by atoms with Crippen LogP contribution in [0, 0.1) is 0 Å². The quantitative estimate of drug-likeness (QED) is 0.803. The van der Waals surface area contributed by atoms with Crippen LogP contribution in [0.1, 0.15) is 38.2 Å². The Hall–Kier alpha value is -0.570. The van der Waals surface area contributed by atoms with Gasteiger partial charge in [-0.25, -0.2) is 4.98 Å². The molecule has 2 N–H and O–H groups in total. The van der Waals surface area contributed by atoms with E-state index in [1.165, 1.54) is 31.2 Å². The molecule has 0 aliphatic rings. The zero-order chi connectivity index (χ0) is 11.1. The molecule has 0 amide bonds. The Kier molecular flexibility index (Phi) is 5.69. The van der Waals surface area contributed by atoms with Gasteiger partial charge in [0.1, 0.15) is 5.82 Å². The number of nitrogens with zero attached hydrogens (tertiary/aromatic N) is 1. The van der Waals surface area contributed by atoms with Gasteiger partial charge in [0.15, 0.2) is 0 Å². The van der Waals surface area contributed by atoms with E-state index in [0.717, 1.165) is 6.42 Å². The Morgan fingerprint density at radius 2 is 2.27 bits per heavy atom. The lowest BCUT2D eigenvalue weighted by Gasteiger charge is -2.08. The highest BCUT2D eigenvalue weighted by Gasteiger charge is 2.04. The first kappa shape index (κ1) is 12.5. The minimum atomic E-state index is 0.653. The highest BCUT2D eigenvalue weighted by atomic mass is 79.9. The van der Waals surface area contributed by atoms with Crippen molar-refractivity contribution < 1.29 is 0 Å². The zero-order valence-corrected chi connectivity index (χ0v) is 10.8. The average Bonchev–Trinajstić information content (AvgIpc) is 2.21. The van der Waals surface area contributed by atoms with Gasteiger partial charge in [-0.2, -0.15) is 0 Å². The third-order valence-electron chi connectivity index (χ3n) is 2.49. The smallest absolute Gasteiger partial charge is 0.126 e. The Labute approximate surface area is 100 Å². The maximum atomic E-state index is 5.77. The Balaban J connectivity index is 2.29. The highest BCUT2D eigenvalue weighted by Crippen LogP contribution is 2.17. The molecule has 0 aromatic carbocycles. The van der Waals surface area contributed by atoms with Crippen LogP contribution in [-0.2, 0) is 6.42 Å². The van der Waals surface area contributed by atoms with Crippen molar-refractivity contribution in [3.05, 3.63) is 23.9 Å². The monoisotopic (exact) mass is 270 g/mol. The van der Waals surface area contributed by atoms with E-state index in [1.54, 1.807) is 6.20 Å². The van der Waals surface area contributed by atoms with E-state index in [2.05, 4.69) is 33.9 Å². The van der Waals surface area contributed by atoms with E-state index in [1.807, 2.05) is 6.07 Å². The lowest BCUT2D eigenvalue weighted by molar-refractivity contribution is 0.655. The molecule has 0 spiro atoms. The van der Waals surface area contributed by atoms with Gasteiger partial charge in [0.25, 0.3) is 0 Å². The van der Waals surface area contributed by atoms with Crippen molar-refractivity contribution in [2.45, 2.75) is 43.9 Å². The molecule has 15 heavy (non-hydrogen) atoms. The average molecular weight is 271 g/mol. The van der Waals surface area contributed by atoms with Gasteiger partial charge in [-0.1, -0.05) is 35.3 Å². The van der Waals surface area contributed by atoms with E-state index in [-0.39, 0.29) is 0 Å². The molecule has 1 atom stereocenters. The molecule has 0 radical (unpaired) electrons. The van der Waals surface area contributed by atoms with Crippen molar-refractivity contribution in [3.63, 3.8) is 0 Å². The third kappa shape index (κ3) is 4.65. The lowest BCUT2D eigenvalue weighted by atomic mass is 10.1. The number of nitrogens with two attached hydrogens (primary N) is 1. The maximum absolute atomic E-state index is 5.77. The van der Waals surface area contributed by atoms with Crippen LogP contribution < -0.4 is 5.73 Å². The maximum Gasteiger partial charge on any atom is 0.126 e. The van der Waals surface area contributed by atoms with E-state index in [9.17, 15) is 0 Å². The number of aromatic nitrogens is 1. The van der Waals surface area contributed by atoms with Crippen LogP contribution >= 0.6 is 15.9 Å². The summed E-state index contributed by atoms with van der Waals surface area (Å²) in [5.74, 6) is 0.680. The molecule has 0 bridgehead atoms. The second-order valence-electron chi connectivity index (χ2n) is 3.83. The number of nitrogen functional groups attached to an aromatic ring is 1. The van der Waals surface area contributed by atoms with Gasteiger partial charge in [0, 0.05) is 11.0 Å². The van der Waals surface area contributed by atoms with Gasteiger partial charge in [-0.15, -0.1) is 0 Å². The SMILES string of the molecule is CCCC(Br)CCCc1cccnc1N. The lowest BCUT2D eigenvalue weighted by Crippen LogP contribution is -2.01. The Bertz CT molecular complexity index is 289. The van der Waals surface area contributed by atoms with E-state index < -0.39 is 0 Å². The summed E-state index contributed by atoms with van der Waals surface area (Å²) < 4.78 is 0. The Morgan fingerprint density at radius 1 is 1.47 bits per heavy atom. The summed E-state index contributed by atoms with van der Waals surface area (Å²) in [6, 6.07) is 4.01. The first-order chi connectivity index (χ1) is 7.24. The fourth-order valence-electron chi connectivity index (χ4n) is 1.63. The van der Waals surface area contributed by atoms with Gasteiger partial charge in [-0.05, 0) is 37.3 Å². The summed E-state index contributed by atoms with van der Waals surface area (Å²) in [5, 5.41) is 0. The van der Waals surface area contributed by atoms with Crippen LogP contribution in [-0.4, -0.2) is 9.81 Å². The predicted octanol–water partition coefficient (Wildman–Crippen LogP) is 3.55. The van der Waals surface area contributed by atoms with Crippen molar-refractivity contribution in [1.29, 1.82) is 0 Å². The minimum Gasteiger partial charge on any atom is -0.383 e. The molecule has 0 fully saturated rings. The minimum absolute atomic E-state index is 0.653. The Morgan fingerprint density at radius 3 is 2.93 bits per heavy atom. The summed E-state index contributed by atoms with van der Waals surface area (Å²) in [6.07, 6.45) is 7.65. The highest BCUT2D eigenvalue weighted by molar-refractivity contribution is 9.09. The van der Waals surface area contributed by atoms with Crippen molar-refractivity contribution in [2.24, 2.45) is 0 Å². The van der Waals surface area contributed by atoms with Crippen LogP contribution in [0.2, 0.25) is 0 Å². The van der Waals surface area contributed by atoms with Crippen molar-refractivity contribution >= 4 is 21.7 Å².